The highest BCUT2D eigenvalue weighted by Crippen LogP contribution is 2.24. The fourth-order valence-electron chi connectivity index (χ4n) is 1.56. The summed E-state index contributed by atoms with van der Waals surface area (Å²) >= 11 is 0. The third kappa shape index (κ3) is 3.34. The highest BCUT2D eigenvalue weighted by molar-refractivity contribution is 5.96. The van der Waals surface area contributed by atoms with Crippen LogP contribution >= 0.6 is 0 Å². The molecule has 0 aliphatic heterocycles. The second-order valence-electron chi connectivity index (χ2n) is 4.58. The number of rotatable bonds is 5. The number of nitrogens with zero attached hydrogens (tertiary/aromatic N) is 1. The van der Waals surface area contributed by atoms with Gasteiger partial charge in [0.15, 0.2) is 0 Å². The van der Waals surface area contributed by atoms with Crippen molar-refractivity contribution in [3.63, 3.8) is 0 Å². The number of anilines is 2. The minimum Gasteiger partial charge on any atom is -0.478 e. The molecule has 0 bridgehead atoms. The first-order valence-corrected chi connectivity index (χ1v) is 5.27. The maximum atomic E-state index is 10.9. The average Bonchev–Trinajstić information content (AvgIpc) is 2.18. The molecule has 0 aliphatic rings. The maximum Gasteiger partial charge on any atom is 0.337 e. The number of nitrogens with two attached hydrogens (primary N) is 2. The van der Waals surface area contributed by atoms with E-state index in [1.165, 1.54) is 12.3 Å². The lowest BCUT2D eigenvalue weighted by molar-refractivity contribution is -0.118. The zero-order chi connectivity index (χ0) is 13.9. The Bertz CT molecular complexity index is 485. The number of nitrogens with one attached hydrogen (secondary N) is 1. The van der Waals surface area contributed by atoms with Crippen molar-refractivity contribution in [1.82, 2.24) is 4.98 Å². The lowest BCUT2D eigenvalue weighted by Gasteiger charge is -2.26. The largest absolute Gasteiger partial charge is 0.478 e. The summed E-state index contributed by atoms with van der Waals surface area (Å²) in [6, 6.07) is 1.31. The first-order chi connectivity index (χ1) is 8.23. The molecule has 1 rings (SSSR count). The van der Waals surface area contributed by atoms with Crippen molar-refractivity contribution < 1.29 is 14.7 Å². The number of carbonyl (C=O) groups excluding carboxylic acids is 1. The third-order valence-electron chi connectivity index (χ3n) is 2.29. The molecule has 1 aromatic rings. The molecule has 0 aromatic carbocycles. The number of nitrogen functional groups attached to an aromatic ring is 1. The van der Waals surface area contributed by atoms with Crippen LogP contribution in [0.15, 0.2) is 12.3 Å². The van der Waals surface area contributed by atoms with Crippen LogP contribution < -0.4 is 16.8 Å². The fourth-order valence-corrected chi connectivity index (χ4v) is 1.56. The van der Waals surface area contributed by atoms with E-state index < -0.39 is 17.4 Å². The van der Waals surface area contributed by atoms with Gasteiger partial charge in [-0.2, -0.15) is 0 Å². The van der Waals surface area contributed by atoms with E-state index in [2.05, 4.69) is 10.3 Å². The van der Waals surface area contributed by atoms with Crippen molar-refractivity contribution in [2.24, 2.45) is 5.73 Å². The van der Waals surface area contributed by atoms with Gasteiger partial charge in [0.2, 0.25) is 5.91 Å². The first-order valence-electron chi connectivity index (χ1n) is 5.27. The molecule has 7 nitrogen and oxygen atoms in total. The molecule has 98 valence electrons. The molecule has 0 saturated heterocycles. The molecule has 0 fully saturated rings. The Labute approximate surface area is 104 Å². The monoisotopic (exact) mass is 252 g/mol. The van der Waals surface area contributed by atoms with Gasteiger partial charge in [0.25, 0.3) is 0 Å². The van der Waals surface area contributed by atoms with Crippen LogP contribution in [0.5, 0.6) is 0 Å². The number of carbonyl (C=O) groups is 2. The van der Waals surface area contributed by atoms with Gasteiger partial charge in [-0.1, -0.05) is 0 Å². The van der Waals surface area contributed by atoms with Crippen LogP contribution in [-0.2, 0) is 4.79 Å². The average molecular weight is 252 g/mol. The van der Waals surface area contributed by atoms with Crippen molar-refractivity contribution >= 4 is 23.4 Å². The van der Waals surface area contributed by atoms with Gasteiger partial charge in [0.1, 0.15) is 5.82 Å². The van der Waals surface area contributed by atoms with E-state index in [-0.39, 0.29) is 23.5 Å². The summed E-state index contributed by atoms with van der Waals surface area (Å²) in [4.78, 5) is 25.8. The van der Waals surface area contributed by atoms with E-state index in [4.69, 9.17) is 16.6 Å². The fraction of sp³-hybridized carbons (Fsp3) is 0.364. The Balaban J connectivity index is 3.01. The molecule has 0 spiro atoms. The smallest absolute Gasteiger partial charge is 0.337 e. The van der Waals surface area contributed by atoms with E-state index in [0.717, 1.165) is 0 Å². The van der Waals surface area contributed by atoms with Gasteiger partial charge in [-0.15, -0.1) is 0 Å². The van der Waals surface area contributed by atoms with E-state index in [9.17, 15) is 9.59 Å². The van der Waals surface area contributed by atoms with Gasteiger partial charge in [0, 0.05) is 18.2 Å². The molecular formula is C11H16N4O3. The van der Waals surface area contributed by atoms with E-state index in [1.54, 1.807) is 13.8 Å². The van der Waals surface area contributed by atoms with Crippen LogP contribution in [0.1, 0.15) is 30.6 Å². The summed E-state index contributed by atoms with van der Waals surface area (Å²) in [6.45, 7) is 3.48. The molecule has 0 aliphatic carbocycles. The topological polar surface area (TPSA) is 131 Å². The summed E-state index contributed by atoms with van der Waals surface area (Å²) in [7, 11) is 0. The van der Waals surface area contributed by atoms with Crippen molar-refractivity contribution in [3.8, 4) is 0 Å². The van der Waals surface area contributed by atoms with Crippen molar-refractivity contribution in [2.75, 3.05) is 11.1 Å². The Morgan fingerprint density at radius 2 is 2.11 bits per heavy atom. The highest BCUT2D eigenvalue weighted by Gasteiger charge is 2.23. The zero-order valence-corrected chi connectivity index (χ0v) is 10.2. The molecule has 1 amide bonds. The first kappa shape index (κ1) is 13.8. The minimum atomic E-state index is -1.13. The Kier molecular flexibility index (Phi) is 3.75. The number of aromatic carboxylic acids is 1. The molecule has 1 heterocycles. The second-order valence-corrected chi connectivity index (χ2v) is 4.58. The van der Waals surface area contributed by atoms with Crippen LogP contribution in [0.2, 0.25) is 0 Å². The number of hydrogen-bond acceptors (Lipinski definition) is 5. The molecule has 1 aromatic heterocycles. The number of carboxylic acid groups (broad SMARTS) is 1. The molecule has 0 atom stereocenters. The Morgan fingerprint density at radius 1 is 1.50 bits per heavy atom. The summed E-state index contributed by atoms with van der Waals surface area (Å²) < 4.78 is 0. The SMILES string of the molecule is CC(C)(CC(N)=O)Nc1nccc(C(=O)O)c1N. The van der Waals surface area contributed by atoms with Gasteiger partial charge in [0.05, 0.1) is 11.3 Å². The number of amides is 1. The summed E-state index contributed by atoms with van der Waals surface area (Å²) in [5.74, 6) is -1.38. The predicted molar refractivity (Wildman–Crippen MR) is 67.1 cm³/mol. The van der Waals surface area contributed by atoms with Crippen LogP contribution in [0.3, 0.4) is 0 Å². The zero-order valence-electron chi connectivity index (χ0n) is 10.2. The van der Waals surface area contributed by atoms with Gasteiger partial charge in [-0.25, -0.2) is 9.78 Å². The number of primary amides is 1. The highest BCUT2D eigenvalue weighted by atomic mass is 16.4. The Hall–Kier alpha value is -2.31. The maximum absolute atomic E-state index is 10.9. The minimum absolute atomic E-state index is 0.0301. The van der Waals surface area contributed by atoms with E-state index in [0.29, 0.717) is 0 Å². The summed E-state index contributed by atoms with van der Waals surface area (Å²) in [5.41, 5.74) is 10.2. The van der Waals surface area contributed by atoms with Gasteiger partial charge in [-0.3, -0.25) is 4.79 Å². The number of aromatic nitrogens is 1. The van der Waals surface area contributed by atoms with Crippen LogP contribution in [0.4, 0.5) is 11.5 Å². The third-order valence-corrected chi connectivity index (χ3v) is 2.29. The van der Waals surface area contributed by atoms with Gasteiger partial charge < -0.3 is 21.9 Å². The molecule has 0 saturated carbocycles. The van der Waals surface area contributed by atoms with E-state index in [1.807, 2.05) is 0 Å². The van der Waals surface area contributed by atoms with E-state index >= 15 is 0 Å². The molecular weight excluding hydrogens is 236 g/mol. The second kappa shape index (κ2) is 4.91. The molecule has 0 unspecified atom stereocenters. The molecule has 7 heteroatoms. The summed E-state index contributed by atoms with van der Waals surface area (Å²) in [5, 5.41) is 11.8. The number of hydrogen-bond donors (Lipinski definition) is 4. The van der Waals surface area contributed by atoms with Gasteiger partial charge >= 0.3 is 5.97 Å². The van der Waals surface area contributed by atoms with Crippen molar-refractivity contribution in [2.45, 2.75) is 25.8 Å². The standard InChI is InChI=1S/C11H16N4O3/c1-11(2,5-7(12)16)15-9-8(13)6(10(17)18)3-4-14-9/h3-4H,5,13H2,1-2H3,(H2,12,16)(H,14,15)(H,17,18). The Morgan fingerprint density at radius 3 is 2.61 bits per heavy atom. The van der Waals surface area contributed by atoms with Crippen molar-refractivity contribution in [1.29, 1.82) is 0 Å². The predicted octanol–water partition coefficient (Wildman–Crippen LogP) is 0.428. The lowest BCUT2D eigenvalue weighted by Crippen LogP contribution is -2.36. The van der Waals surface area contributed by atoms with Crippen LogP contribution in [0, 0.1) is 0 Å². The lowest BCUT2D eigenvalue weighted by atomic mass is 10.00. The molecule has 6 N–H and O–H groups in total. The van der Waals surface area contributed by atoms with Gasteiger partial charge in [-0.05, 0) is 19.9 Å². The summed E-state index contributed by atoms with van der Waals surface area (Å²) in [6.07, 6.45) is 1.41. The van der Waals surface area contributed by atoms with Crippen molar-refractivity contribution in [3.05, 3.63) is 17.8 Å². The number of pyridine rings is 1. The normalized spacial score (nSPS) is 11.0. The molecule has 18 heavy (non-hydrogen) atoms. The van der Waals surface area contributed by atoms with Crippen LogP contribution in [0.25, 0.3) is 0 Å². The molecule has 0 radical (unpaired) electrons. The van der Waals surface area contributed by atoms with Crippen LogP contribution in [-0.4, -0.2) is 27.5 Å². The quantitative estimate of drug-likeness (QED) is 0.600. The number of carboxylic acids is 1.